The zero-order valence-electron chi connectivity index (χ0n) is 22.2. The van der Waals surface area contributed by atoms with Gasteiger partial charge in [-0.3, -0.25) is 9.69 Å². The number of hydrogen-bond donors (Lipinski definition) is 1. The summed E-state index contributed by atoms with van der Waals surface area (Å²) in [6.45, 7) is 7.43. The normalized spacial score (nSPS) is 27.9. The van der Waals surface area contributed by atoms with E-state index in [1.54, 1.807) is 7.11 Å². The summed E-state index contributed by atoms with van der Waals surface area (Å²) in [4.78, 5) is 17.6. The Morgan fingerprint density at radius 1 is 1.03 bits per heavy atom. The number of fused-ring (bicyclic) bond motifs is 1. The quantitative estimate of drug-likeness (QED) is 0.559. The molecular formula is C29H44N4O3. The van der Waals surface area contributed by atoms with E-state index in [4.69, 9.17) is 9.26 Å². The first-order valence-electron chi connectivity index (χ1n) is 14.2. The number of benzene rings is 1. The van der Waals surface area contributed by atoms with Gasteiger partial charge in [0.1, 0.15) is 0 Å². The van der Waals surface area contributed by atoms with Gasteiger partial charge in [-0.1, -0.05) is 11.2 Å². The third-order valence-electron chi connectivity index (χ3n) is 8.95. The van der Waals surface area contributed by atoms with E-state index in [2.05, 4.69) is 45.4 Å². The summed E-state index contributed by atoms with van der Waals surface area (Å²) in [6.07, 6.45) is 11.6. The van der Waals surface area contributed by atoms with Crippen LogP contribution >= 0.6 is 0 Å². The number of rotatable bonds is 8. The first-order valence-corrected chi connectivity index (χ1v) is 14.2. The molecule has 36 heavy (non-hydrogen) atoms. The molecule has 1 saturated heterocycles. The molecule has 0 radical (unpaired) electrons. The Balaban J connectivity index is 0.973. The molecule has 198 valence electrons. The molecule has 1 aromatic heterocycles. The van der Waals surface area contributed by atoms with Gasteiger partial charge in [0.25, 0.3) is 0 Å². The molecule has 0 atom stereocenters. The lowest BCUT2D eigenvalue weighted by molar-refractivity contribution is -0.123. The fourth-order valence-corrected chi connectivity index (χ4v) is 6.52. The van der Waals surface area contributed by atoms with Crippen molar-refractivity contribution in [3.05, 3.63) is 23.8 Å². The average molecular weight is 497 g/mol. The molecule has 0 unspecified atom stereocenters. The number of methoxy groups -OCH3 is 1. The van der Waals surface area contributed by atoms with Crippen LogP contribution in [0.4, 0.5) is 5.82 Å². The Morgan fingerprint density at radius 2 is 1.75 bits per heavy atom. The first-order chi connectivity index (χ1) is 17.6. The Bertz CT molecular complexity index is 984. The summed E-state index contributed by atoms with van der Waals surface area (Å²) in [5, 5.41) is 8.84. The van der Waals surface area contributed by atoms with Crippen molar-refractivity contribution in [2.75, 3.05) is 44.7 Å². The number of amides is 1. The highest BCUT2D eigenvalue weighted by Gasteiger charge is 2.27. The van der Waals surface area contributed by atoms with Crippen LogP contribution in [-0.4, -0.2) is 67.9 Å². The second-order valence-corrected chi connectivity index (χ2v) is 11.5. The number of hydrogen-bond acceptors (Lipinski definition) is 6. The van der Waals surface area contributed by atoms with E-state index in [1.165, 1.54) is 31.4 Å². The van der Waals surface area contributed by atoms with Crippen molar-refractivity contribution in [3.63, 3.8) is 0 Å². The smallest absolute Gasteiger partial charge is 0.220 e. The predicted molar refractivity (Wildman–Crippen MR) is 143 cm³/mol. The number of piperazine rings is 1. The highest BCUT2D eigenvalue weighted by atomic mass is 16.5. The maximum absolute atomic E-state index is 12.6. The Morgan fingerprint density at radius 3 is 2.47 bits per heavy atom. The summed E-state index contributed by atoms with van der Waals surface area (Å²) in [6, 6.07) is 6.71. The monoisotopic (exact) mass is 496 g/mol. The van der Waals surface area contributed by atoms with Gasteiger partial charge >= 0.3 is 0 Å². The highest BCUT2D eigenvalue weighted by Crippen LogP contribution is 2.31. The molecule has 2 aliphatic carbocycles. The molecule has 3 fully saturated rings. The number of carbonyl (C=O) groups excluding carboxylic acids is 1. The number of carbonyl (C=O) groups is 1. The van der Waals surface area contributed by atoms with Gasteiger partial charge in [0.05, 0.1) is 11.5 Å². The van der Waals surface area contributed by atoms with Crippen LogP contribution in [0.3, 0.4) is 0 Å². The topological polar surface area (TPSA) is 70.8 Å². The van der Waals surface area contributed by atoms with Crippen LogP contribution in [0.5, 0.6) is 0 Å². The molecule has 5 rings (SSSR count). The maximum atomic E-state index is 12.6. The van der Waals surface area contributed by atoms with E-state index in [0.29, 0.717) is 24.5 Å². The average Bonchev–Trinajstić information content (AvgIpc) is 3.32. The third-order valence-corrected chi connectivity index (χ3v) is 8.95. The largest absolute Gasteiger partial charge is 0.381 e. The number of anilines is 1. The number of aromatic nitrogens is 1. The van der Waals surface area contributed by atoms with Crippen LogP contribution in [0.25, 0.3) is 11.0 Å². The molecule has 1 aromatic carbocycles. The van der Waals surface area contributed by atoms with Gasteiger partial charge < -0.3 is 19.5 Å². The molecule has 1 amide bonds. The fourth-order valence-electron chi connectivity index (χ4n) is 6.52. The molecule has 7 heteroatoms. The van der Waals surface area contributed by atoms with Crippen LogP contribution < -0.4 is 10.2 Å². The third kappa shape index (κ3) is 6.41. The van der Waals surface area contributed by atoms with Gasteiger partial charge in [-0.25, -0.2) is 0 Å². The van der Waals surface area contributed by atoms with E-state index >= 15 is 0 Å². The van der Waals surface area contributed by atoms with E-state index in [1.807, 2.05) is 0 Å². The minimum atomic E-state index is 0.271. The van der Waals surface area contributed by atoms with Crippen molar-refractivity contribution in [3.8, 4) is 0 Å². The molecule has 2 aromatic rings. The molecule has 7 nitrogen and oxygen atoms in total. The molecular weight excluding hydrogens is 452 g/mol. The zero-order valence-corrected chi connectivity index (χ0v) is 22.2. The molecule has 2 heterocycles. The second kappa shape index (κ2) is 12.0. The van der Waals surface area contributed by atoms with Crippen molar-refractivity contribution in [2.45, 2.75) is 83.3 Å². The van der Waals surface area contributed by atoms with Crippen LogP contribution in [0.15, 0.2) is 22.7 Å². The predicted octanol–water partition coefficient (Wildman–Crippen LogP) is 4.92. The summed E-state index contributed by atoms with van der Waals surface area (Å²) in [5.74, 6) is 2.60. The molecule has 3 aliphatic rings. The van der Waals surface area contributed by atoms with Gasteiger partial charge in [-0.05, 0) is 101 Å². The number of ether oxygens (including phenoxy) is 1. The maximum Gasteiger partial charge on any atom is 0.220 e. The number of nitrogens with one attached hydrogen (secondary N) is 1. The van der Waals surface area contributed by atoms with Crippen molar-refractivity contribution >= 4 is 22.7 Å². The molecule has 1 N–H and O–H groups in total. The molecule has 0 bridgehead atoms. The highest BCUT2D eigenvalue weighted by molar-refractivity contribution is 5.89. The van der Waals surface area contributed by atoms with Crippen molar-refractivity contribution in [1.29, 1.82) is 0 Å². The summed E-state index contributed by atoms with van der Waals surface area (Å²) >= 11 is 0. The van der Waals surface area contributed by atoms with Crippen LogP contribution in [0.1, 0.15) is 69.8 Å². The molecule has 0 spiro atoms. The van der Waals surface area contributed by atoms with Crippen molar-refractivity contribution in [1.82, 2.24) is 15.4 Å². The van der Waals surface area contributed by atoms with E-state index in [0.717, 1.165) is 87.4 Å². The van der Waals surface area contributed by atoms with Gasteiger partial charge in [-0.2, -0.15) is 0 Å². The van der Waals surface area contributed by atoms with Gasteiger partial charge in [-0.15, -0.1) is 0 Å². The van der Waals surface area contributed by atoms with Crippen molar-refractivity contribution < 1.29 is 14.1 Å². The number of nitrogens with zero attached hydrogens (tertiary/aromatic N) is 3. The van der Waals surface area contributed by atoms with E-state index in [9.17, 15) is 4.79 Å². The second-order valence-electron chi connectivity index (χ2n) is 11.5. The van der Waals surface area contributed by atoms with Gasteiger partial charge in [0.2, 0.25) is 5.91 Å². The SMILES string of the molecule is COC1CCC(CC(=O)NC2CCC(CCN3CCN(c4noc5cc(C)ccc45)CC3)CC2)CC1. The summed E-state index contributed by atoms with van der Waals surface area (Å²) in [7, 11) is 1.80. The standard InChI is InChI=1S/C29H44N4O3/c1-21-3-12-26-27(19-21)36-31-29(26)33-17-15-32(16-18-33)14-13-22-4-8-24(9-5-22)30-28(34)20-23-6-10-25(35-2)11-7-23/h3,12,19,22-25H,4-11,13-18,20H2,1-2H3,(H,30,34). The lowest BCUT2D eigenvalue weighted by Crippen LogP contribution is -2.47. The molecule has 1 aliphatic heterocycles. The lowest BCUT2D eigenvalue weighted by atomic mass is 9.83. The van der Waals surface area contributed by atoms with Crippen LogP contribution in [0.2, 0.25) is 0 Å². The summed E-state index contributed by atoms with van der Waals surface area (Å²) in [5.41, 5.74) is 2.08. The minimum absolute atomic E-state index is 0.271. The Kier molecular flexibility index (Phi) is 8.47. The summed E-state index contributed by atoms with van der Waals surface area (Å²) < 4.78 is 11.0. The molecule has 2 saturated carbocycles. The van der Waals surface area contributed by atoms with Crippen LogP contribution in [0, 0.1) is 18.8 Å². The van der Waals surface area contributed by atoms with Crippen molar-refractivity contribution in [2.24, 2.45) is 11.8 Å². The fraction of sp³-hybridized carbons (Fsp3) is 0.724. The lowest BCUT2D eigenvalue weighted by Gasteiger charge is -2.36. The Labute approximate surface area is 215 Å². The van der Waals surface area contributed by atoms with Gasteiger partial charge in [0, 0.05) is 45.8 Å². The zero-order chi connectivity index (χ0) is 24.9. The van der Waals surface area contributed by atoms with Crippen LogP contribution in [-0.2, 0) is 9.53 Å². The van der Waals surface area contributed by atoms with E-state index < -0.39 is 0 Å². The van der Waals surface area contributed by atoms with E-state index in [-0.39, 0.29) is 5.91 Å². The number of aryl methyl sites for hydroxylation is 1. The first kappa shape index (κ1) is 25.5. The minimum Gasteiger partial charge on any atom is -0.381 e. The Hall–Kier alpha value is -2.12. The van der Waals surface area contributed by atoms with Gasteiger partial charge in [0.15, 0.2) is 11.4 Å².